The van der Waals surface area contributed by atoms with Gasteiger partial charge in [0.05, 0.1) is 40.9 Å². The van der Waals surface area contributed by atoms with Crippen molar-refractivity contribution in [1.82, 2.24) is 49.5 Å². The molecule has 0 radical (unpaired) electrons. The van der Waals surface area contributed by atoms with E-state index in [0.29, 0.717) is 21.7 Å². The van der Waals surface area contributed by atoms with Gasteiger partial charge in [0.25, 0.3) is 0 Å². The van der Waals surface area contributed by atoms with E-state index in [4.69, 9.17) is 0 Å². The van der Waals surface area contributed by atoms with Crippen LogP contribution in [-0.4, -0.2) is 73.0 Å². The molecular weight excluding hydrogens is 1160 g/mol. The summed E-state index contributed by atoms with van der Waals surface area (Å²) in [7, 11) is 0. The average Bonchev–Trinajstić information content (AvgIpc) is 4.21. The SMILES string of the molecule is CC(=O)c1cccc(-c2ccc3c(c2)CN=C3)n1.CC(=O)c1cccc(-c2ccc3cn(-c4cccc(Br)n4)nc3c2)n1.CC(=O)c1cccc(-c2ccc3cnn(-c4cccc(Br)n4)c3c2)n1.Fc1cccc(Br)n1. The Labute approximate surface area is 460 Å². The Hall–Kier alpha value is -8.45. The quantitative estimate of drug-likeness (QED) is 0.104. The zero-order valence-corrected chi connectivity index (χ0v) is 45.4. The molecule has 14 nitrogen and oxygen atoms in total. The zero-order valence-electron chi connectivity index (χ0n) is 40.7. The van der Waals surface area contributed by atoms with Gasteiger partial charge in [0.1, 0.15) is 30.9 Å². The van der Waals surface area contributed by atoms with Gasteiger partial charge >= 0.3 is 0 Å². The molecule has 1 aliphatic heterocycles. The van der Waals surface area contributed by atoms with Gasteiger partial charge in [0.15, 0.2) is 29.0 Å². The second kappa shape index (κ2) is 23.8. The normalized spacial score (nSPS) is 11.1. The molecule has 76 heavy (non-hydrogen) atoms. The van der Waals surface area contributed by atoms with Crippen LogP contribution in [-0.2, 0) is 6.54 Å². The molecule has 9 heterocycles. The van der Waals surface area contributed by atoms with Crippen LogP contribution in [0.1, 0.15) is 63.4 Å². The molecule has 0 saturated heterocycles. The lowest BCUT2D eigenvalue weighted by Gasteiger charge is -2.06. The Kier molecular flexibility index (Phi) is 16.4. The molecule has 0 aliphatic carbocycles. The van der Waals surface area contributed by atoms with E-state index in [1.807, 2.05) is 134 Å². The molecule has 8 aromatic heterocycles. The van der Waals surface area contributed by atoms with Crippen LogP contribution in [0.3, 0.4) is 0 Å². The van der Waals surface area contributed by atoms with Crippen molar-refractivity contribution in [3.63, 3.8) is 0 Å². The van der Waals surface area contributed by atoms with Gasteiger partial charge in [0, 0.05) is 60.6 Å². The first-order valence-electron chi connectivity index (χ1n) is 23.3. The second-order valence-corrected chi connectivity index (χ2v) is 19.3. The molecule has 0 bridgehead atoms. The van der Waals surface area contributed by atoms with Crippen molar-refractivity contribution in [2.24, 2.45) is 4.99 Å². The summed E-state index contributed by atoms with van der Waals surface area (Å²) in [5.74, 6) is 0.899. The highest BCUT2D eigenvalue weighted by atomic mass is 79.9. The summed E-state index contributed by atoms with van der Waals surface area (Å²) in [6, 6.07) is 50.5. The summed E-state index contributed by atoms with van der Waals surface area (Å²) in [5.41, 5.74) is 10.8. The highest BCUT2D eigenvalue weighted by Gasteiger charge is 2.13. The van der Waals surface area contributed by atoms with Gasteiger partial charge in [0.2, 0.25) is 5.95 Å². The van der Waals surface area contributed by atoms with Crippen LogP contribution in [0, 0.1) is 5.95 Å². The molecular formula is C58H41Br3FN11O3. The maximum Gasteiger partial charge on any atom is 0.213 e. The van der Waals surface area contributed by atoms with Crippen LogP contribution in [0.4, 0.5) is 4.39 Å². The molecule has 374 valence electrons. The first-order valence-corrected chi connectivity index (χ1v) is 25.7. The monoisotopic (exact) mass is 1200 g/mol. The number of Topliss-reactive ketones (excluding diaryl/α,β-unsaturated/α-hetero) is 3. The highest BCUT2D eigenvalue weighted by Crippen LogP contribution is 2.28. The predicted molar refractivity (Wildman–Crippen MR) is 302 cm³/mol. The number of carbonyl (C=O) groups is 3. The fraction of sp³-hybridized carbons (Fsp3) is 0.0690. The smallest absolute Gasteiger partial charge is 0.213 e. The molecule has 0 unspecified atom stereocenters. The number of hydrogen-bond acceptors (Lipinski definition) is 12. The van der Waals surface area contributed by atoms with Crippen molar-refractivity contribution >= 4 is 93.2 Å². The van der Waals surface area contributed by atoms with E-state index >= 15 is 0 Å². The predicted octanol–water partition coefficient (Wildman–Crippen LogP) is 13.8. The zero-order chi connectivity index (χ0) is 53.3. The number of carbonyl (C=O) groups excluding carboxylic acids is 3. The molecule has 0 atom stereocenters. The number of nitrogens with zero attached hydrogens (tertiary/aromatic N) is 11. The van der Waals surface area contributed by atoms with E-state index in [0.717, 1.165) is 83.0 Å². The third-order valence-corrected chi connectivity index (χ3v) is 12.8. The van der Waals surface area contributed by atoms with Gasteiger partial charge in [-0.05, 0) is 150 Å². The Morgan fingerprint density at radius 3 is 1.57 bits per heavy atom. The number of rotatable bonds is 8. The number of pyridine rings is 6. The van der Waals surface area contributed by atoms with Crippen LogP contribution >= 0.6 is 47.8 Å². The topological polar surface area (TPSA) is 177 Å². The summed E-state index contributed by atoms with van der Waals surface area (Å²) in [6.07, 6.45) is 5.63. The summed E-state index contributed by atoms with van der Waals surface area (Å²) in [6.45, 7) is 5.30. The lowest BCUT2D eigenvalue weighted by molar-refractivity contribution is 0.100. The van der Waals surface area contributed by atoms with Gasteiger partial charge in [-0.3, -0.25) is 19.4 Å². The van der Waals surface area contributed by atoms with Crippen LogP contribution in [0.15, 0.2) is 195 Å². The second-order valence-electron chi connectivity index (χ2n) is 16.9. The Morgan fingerprint density at radius 2 is 1.01 bits per heavy atom. The molecule has 3 aromatic carbocycles. The van der Waals surface area contributed by atoms with E-state index in [-0.39, 0.29) is 17.3 Å². The summed E-state index contributed by atoms with van der Waals surface area (Å²) < 4.78 is 17.6. The summed E-state index contributed by atoms with van der Waals surface area (Å²) in [5, 5.41) is 11.1. The number of aromatic nitrogens is 10. The molecule has 18 heteroatoms. The Bertz CT molecular complexity index is 3990. The van der Waals surface area contributed by atoms with E-state index in [1.54, 1.807) is 45.9 Å². The van der Waals surface area contributed by atoms with Gasteiger partial charge in [-0.2, -0.15) is 14.6 Å². The lowest BCUT2D eigenvalue weighted by atomic mass is 10.0. The van der Waals surface area contributed by atoms with Crippen molar-refractivity contribution in [1.29, 1.82) is 0 Å². The van der Waals surface area contributed by atoms with Gasteiger partial charge in [-0.15, -0.1) is 0 Å². The minimum Gasteiger partial charge on any atom is -0.293 e. The van der Waals surface area contributed by atoms with Crippen molar-refractivity contribution in [3.8, 4) is 45.4 Å². The molecule has 0 N–H and O–H groups in total. The molecule has 0 fully saturated rings. The largest absolute Gasteiger partial charge is 0.293 e. The van der Waals surface area contributed by atoms with Crippen LogP contribution in [0.2, 0.25) is 0 Å². The van der Waals surface area contributed by atoms with Crippen LogP contribution in [0.5, 0.6) is 0 Å². The number of halogens is 4. The fourth-order valence-corrected chi connectivity index (χ4v) is 8.71. The van der Waals surface area contributed by atoms with E-state index in [2.05, 4.69) is 98.9 Å². The number of fused-ring (bicyclic) bond motifs is 3. The molecule has 0 spiro atoms. The summed E-state index contributed by atoms with van der Waals surface area (Å²) in [4.78, 5) is 64.2. The lowest BCUT2D eigenvalue weighted by Crippen LogP contribution is -2.00. The molecule has 1 aliphatic rings. The van der Waals surface area contributed by atoms with Crippen molar-refractivity contribution in [2.45, 2.75) is 27.3 Å². The van der Waals surface area contributed by atoms with E-state index < -0.39 is 5.95 Å². The first kappa shape index (κ1) is 52.4. The third-order valence-electron chi connectivity index (χ3n) is 11.5. The van der Waals surface area contributed by atoms with Gasteiger partial charge in [-0.1, -0.05) is 72.8 Å². The van der Waals surface area contributed by atoms with Crippen molar-refractivity contribution in [2.75, 3.05) is 0 Å². The number of hydrogen-bond donors (Lipinski definition) is 0. The molecule has 12 rings (SSSR count). The van der Waals surface area contributed by atoms with Crippen molar-refractivity contribution in [3.05, 3.63) is 224 Å². The molecule has 0 saturated carbocycles. The maximum atomic E-state index is 12.0. The Balaban J connectivity index is 0.000000131. The maximum absolute atomic E-state index is 12.0. The van der Waals surface area contributed by atoms with E-state index in [1.165, 1.54) is 38.0 Å². The molecule has 11 aromatic rings. The average molecular weight is 1200 g/mol. The summed E-state index contributed by atoms with van der Waals surface area (Å²) >= 11 is 9.78. The fourth-order valence-electron chi connectivity index (χ4n) is 7.72. The standard InChI is InChI=1S/2C19H13BrN4O.C15H12N2O.C5H3BrFN/c1-12(25)15-4-2-5-16(21-15)13-8-9-14-11-24(23-17(14)10-13)19-7-3-6-18(20)22-19;1-12(25)15-4-2-5-16(22-15)13-8-9-14-11-21-24(17(14)10-13)19-7-3-6-18(20)23-19;1-10(18)14-3-2-4-15(17-14)11-5-6-12-8-16-9-13(12)7-11;6-4-2-1-3-5(7)8-4/h2*2-11H,1H3;2-8H,9H2,1H3;1-3H. The van der Waals surface area contributed by atoms with Crippen molar-refractivity contribution < 1.29 is 18.8 Å². The Morgan fingerprint density at radius 1 is 0.513 bits per heavy atom. The van der Waals surface area contributed by atoms with E-state index in [9.17, 15) is 18.8 Å². The number of ketones is 3. The van der Waals surface area contributed by atoms with Gasteiger partial charge < -0.3 is 0 Å². The minimum atomic E-state index is -0.459. The minimum absolute atomic E-state index is 0.0126. The third kappa shape index (κ3) is 12.9. The molecule has 0 amide bonds. The van der Waals surface area contributed by atoms with Crippen LogP contribution < -0.4 is 0 Å². The first-order chi connectivity index (χ1) is 36.7. The highest BCUT2D eigenvalue weighted by molar-refractivity contribution is 9.11. The number of aliphatic imine (C=N–C) groups is 1. The van der Waals surface area contributed by atoms with Crippen LogP contribution in [0.25, 0.3) is 67.2 Å². The van der Waals surface area contributed by atoms with Gasteiger partial charge in [-0.25, -0.2) is 39.3 Å². The number of benzene rings is 3.